The van der Waals surface area contributed by atoms with E-state index in [0.717, 1.165) is 11.3 Å². The van der Waals surface area contributed by atoms with Gasteiger partial charge in [-0.25, -0.2) is 4.79 Å². The largest absolute Gasteiger partial charge is 0.497 e. The molecule has 19 heavy (non-hydrogen) atoms. The fourth-order valence-electron chi connectivity index (χ4n) is 1.04. The number of rotatable bonds is 5. The minimum Gasteiger partial charge on any atom is -0.497 e. The lowest BCUT2D eigenvalue weighted by Gasteiger charge is -2.01. The molecular weight excluding hydrogens is 248 g/mol. The van der Waals surface area contributed by atoms with E-state index in [2.05, 4.69) is 6.58 Å². The molecule has 0 bridgehead atoms. The number of carboxylic acids is 2. The van der Waals surface area contributed by atoms with Crippen molar-refractivity contribution in [1.29, 1.82) is 0 Å². The molecule has 0 amide bonds. The van der Waals surface area contributed by atoms with E-state index in [4.69, 9.17) is 14.9 Å². The van der Waals surface area contributed by atoms with Gasteiger partial charge in [-0.3, -0.25) is 4.79 Å². The Morgan fingerprint density at radius 3 is 2.00 bits per heavy atom. The molecule has 1 aromatic carbocycles. The molecule has 5 nitrogen and oxygen atoms in total. The first kappa shape index (κ1) is 16.7. The van der Waals surface area contributed by atoms with Gasteiger partial charge in [0.2, 0.25) is 0 Å². The molecule has 0 fully saturated rings. The molecule has 0 aromatic heterocycles. The van der Waals surface area contributed by atoms with E-state index in [1.807, 2.05) is 24.3 Å². The molecule has 0 heterocycles. The lowest BCUT2D eigenvalue weighted by Crippen LogP contribution is -1.97. The van der Waals surface area contributed by atoms with Crippen LogP contribution in [0.5, 0.6) is 5.75 Å². The predicted molar refractivity (Wildman–Crippen MR) is 71.4 cm³/mol. The van der Waals surface area contributed by atoms with Crippen LogP contribution in [-0.2, 0) is 16.0 Å². The summed E-state index contributed by atoms with van der Waals surface area (Å²) in [6, 6.07) is 7.41. The normalized spacial score (nSPS) is 8.95. The van der Waals surface area contributed by atoms with E-state index in [9.17, 15) is 9.59 Å². The molecule has 0 saturated carbocycles. The second-order valence-electron chi connectivity index (χ2n) is 3.83. The maximum absolute atomic E-state index is 10.3. The number of benzene rings is 1. The van der Waals surface area contributed by atoms with E-state index in [-0.39, 0.29) is 12.0 Å². The topological polar surface area (TPSA) is 83.8 Å². The van der Waals surface area contributed by atoms with Crippen molar-refractivity contribution in [3.05, 3.63) is 42.0 Å². The Kier molecular flexibility index (Phi) is 7.68. The highest BCUT2D eigenvalue weighted by Gasteiger charge is 1.98. The average molecular weight is 266 g/mol. The fraction of sp³-hybridized carbons (Fsp3) is 0.286. The Bertz CT molecular complexity index is 422. The molecule has 104 valence electrons. The number of carbonyl (C=O) groups is 2. The summed E-state index contributed by atoms with van der Waals surface area (Å²) in [7, 11) is 1.60. The highest BCUT2D eigenvalue weighted by atomic mass is 16.5. The number of aliphatic carboxylic acids is 2. The maximum atomic E-state index is 10.3. The molecule has 5 heteroatoms. The minimum atomic E-state index is -0.935. The number of ether oxygens (including phenoxy) is 1. The summed E-state index contributed by atoms with van der Waals surface area (Å²) >= 11 is 0. The monoisotopic (exact) mass is 266 g/mol. The first-order valence-electron chi connectivity index (χ1n) is 5.60. The van der Waals surface area contributed by atoms with Gasteiger partial charge in [-0.05, 0) is 31.0 Å². The lowest BCUT2D eigenvalue weighted by molar-refractivity contribution is -0.137. The third kappa shape index (κ3) is 8.43. The Balaban J connectivity index is 0.000000459. The maximum Gasteiger partial charge on any atom is 0.330 e. The van der Waals surface area contributed by atoms with Gasteiger partial charge in [0.05, 0.1) is 7.11 Å². The van der Waals surface area contributed by atoms with Crippen LogP contribution in [0.1, 0.15) is 18.9 Å². The van der Waals surface area contributed by atoms with Crippen molar-refractivity contribution in [2.24, 2.45) is 0 Å². The zero-order valence-electron chi connectivity index (χ0n) is 11.0. The number of aryl methyl sites for hydroxylation is 1. The lowest BCUT2D eigenvalue weighted by atomic mass is 10.1. The molecule has 0 aliphatic carbocycles. The summed E-state index contributed by atoms with van der Waals surface area (Å²) in [6.45, 7) is 4.60. The quantitative estimate of drug-likeness (QED) is 0.799. The van der Waals surface area contributed by atoms with Gasteiger partial charge in [-0.2, -0.15) is 0 Å². The first-order valence-corrected chi connectivity index (χ1v) is 5.60. The predicted octanol–water partition coefficient (Wildman–Crippen LogP) is 2.36. The van der Waals surface area contributed by atoms with Gasteiger partial charge in [0, 0.05) is 12.0 Å². The van der Waals surface area contributed by atoms with Gasteiger partial charge in [-0.1, -0.05) is 18.7 Å². The van der Waals surface area contributed by atoms with Crippen LogP contribution in [0.2, 0.25) is 0 Å². The summed E-state index contributed by atoms with van der Waals surface area (Å²) in [4.78, 5) is 19.9. The first-order chi connectivity index (χ1) is 8.86. The van der Waals surface area contributed by atoms with E-state index in [1.54, 1.807) is 7.11 Å². The van der Waals surface area contributed by atoms with Crippen molar-refractivity contribution in [3.63, 3.8) is 0 Å². The van der Waals surface area contributed by atoms with Crippen LogP contribution in [0.4, 0.5) is 0 Å². The van der Waals surface area contributed by atoms with Gasteiger partial charge in [0.15, 0.2) is 0 Å². The zero-order valence-corrected chi connectivity index (χ0v) is 11.0. The van der Waals surface area contributed by atoms with Crippen molar-refractivity contribution in [3.8, 4) is 5.75 Å². The third-order valence-corrected chi connectivity index (χ3v) is 2.15. The SMILES string of the molecule is C=C(C)C(=O)O.COc1ccc(CCC(=O)O)cc1. The fourth-order valence-corrected chi connectivity index (χ4v) is 1.04. The van der Waals surface area contributed by atoms with Crippen LogP contribution in [0.25, 0.3) is 0 Å². The van der Waals surface area contributed by atoms with Crippen molar-refractivity contribution in [1.82, 2.24) is 0 Å². The van der Waals surface area contributed by atoms with Crippen molar-refractivity contribution >= 4 is 11.9 Å². The summed E-state index contributed by atoms with van der Waals surface area (Å²) in [5.74, 6) is -0.912. The summed E-state index contributed by atoms with van der Waals surface area (Å²) in [5.41, 5.74) is 1.19. The molecular formula is C14H18O5. The third-order valence-electron chi connectivity index (χ3n) is 2.15. The van der Waals surface area contributed by atoms with Gasteiger partial charge in [0.25, 0.3) is 0 Å². The van der Waals surface area contributed by atoms with Crippen molar-refractivity contribution < 1.29 is 24.5 Å². The number of hydrogen-bond donors (Lipinski definition) is 2. The molecule has 1 rings (SSSR count). The highest BCUT2D eigenvalue weighted by Crippen LogP contribution is 2.12. The van der Waals surface area contributed by atoms with Gasteiger partial charge in [-0.15, -0.1) is 0 Å². The van der Waals surface area contributed by atoms with Crippen LogP contribution in [0, 0.1) is 0 Å². The summed E-state index contributed by atoms with van der Waals surface area (Å²) in [6.07, 6.45) is 0.742. The second kappa shape index (κ2) is 8.74. The average Bonchev–Trinajstić information content (AvgIpc) is 2.37. The standard InChI is InChI=1S/C10H12O3.C4H6O2/c1-13-9-5-2-8(3-6-9)4-7-10(11)12;1-3(2)4(5)6/h2-3,5-6H,4,7H2,1H3,(H,11,12);1H2,2H3,(H,5,6). The van der Waals surface area contributed by atoms with E-state index < -0.39 is 11.9 Å². The molecule has 0 unspecified atom stereocenters. The molecule has 1 aromatic rings. The molecule has 0 radical (unpaired) electrons. The Labute approximate surface area is 112 Å². The van der Waals surface area contributed by atoms with E-state index in [1.165, 1.54) is 6.92 Å². The van der Waals surface area contributed by atoms with Crippen LogP contribution in [0.15, 0.2) is 36.4 Å². The molecule has 2 N–H and O–H groups in total. The van der Waals surface area contributed by atoms with Gasteiger partial charge < -0.3 is 14.9 Å². The molecule has 0 aliphatic rings. The smallest absolute Gasteiger partial charge is 0.330 e. The Hall–Kier alpha value is -2.30. The Morgan fingerprint density at radius 1 is 1.21 bits per heavy atom. The highest BCUT2D eigenvalue weighted by molar-refractivity contribution is 5.84. The van der Waals surface area contributed by atoms with Gasteiger partial charge >= 0.3 is 11.9 Å². The summed E-state index contributed by atoms with van der Waals surface area (Å²) < 4.78 is 4.98. The number of hydrogen-bond acceptors (Lipinski definition) is 3. The van der Waals surface area contributed by atoms with Crippen LogP contribution in [0.3, 0.4) is 0 Å². The van der Waals surface area contributed by atoms with Crippen molar-refractivity contribution in [2.45, 2.75) is 19.8 Å². The number of carboxylic acid groups (broad SMARTS) is 2. The van der Waals surface area contributed by atoms with E-state index >= 15 is 0 Å². The van der Waals surface area contributed by atoms with Crippen LogP contribution in [-0.4, -0.2) is 29.3 Å². The molecule has 0 atom stereocenters. The second-order valence-corrected chi connectivity index (χ2v) is 3.83. The van der Waals surface area contributed by atoms with Gasteiger partial charge in [0.1, 0.15) is 5.75 Å². The zero-order chi connectivity index (χ0) is 14.8. The van der Waals surface area contributed by atoms with Crippen LogP contribution < -0.4 is 4.74 Å². The van der Waals surface area contributed by atoms with E-state index in [0.29, 0.717) is 6.42 Å². The molecule has 0 saturated heterocycles. The Morgan fingerprint density at radius 2 is 1.68 bits per heavy atom. The molecule has 0 aliphatic heterocycles. The van der Waals surface area contributed by atoms with Crippen LogP contribution >= 0.6 is 0 Å². The number of methoxy groups -OCH3 is 1. The molecule has 0 spiro atoms. The minimum absolute atomic E-state index is 0.173. The summed E-state index contributed by atoms with van der Waals surface area (Å²) in [5, 5.41) is 16.3. The van der Waals surface area contributed by atoms with Crippen molar-refractivity contribution in [2.75, 3.05) is 7.11 Å².